The molecule has 0 radical (unpaired) electrons. The van der Waals surface area contributed by atoms with Crippen molar-refractivity contribution in [3.63, 3.8) is 0 Å². The molecule has 0 unspecified atom stereocenters. The first-order chi connectivity index (χ1) is 13.7. The number of carbonyl (C=O) groups excluding carboxylic acids is 1. The highest BCUT2D eigenvalue weighted by atomic mass is 32.2. The lowest BCUT2D eigenvalue weighted by Gasteiger charge is -2.22. The van der Waals surface area contributed by atoms with Gasteiger partial charge in [-0.2, -0.15) is 0 Å². The Labute approximate surface area is 174 Å². The van der Waals surface area contributed by atoms with E-state index in [0.29, 0.717) is 38.0 Å². The molecule has 1 saturated heterocycles. The van der Waals surface area contributed by atoms with Crippen molar-refractivity contribution in [2.24, 2.45) is 5.92 Å². The van der Waals surface area contributed by atoms with E-state index in [1.165, 1.54) is 18.4 Å². The van der Waals surface area contributed by atoms with Crippen molar-refractivity contribution in [2.45, 2.75) is 25.2 Å². The van der Waals surface area contributed by atoms with Crippen LogP contribution in [0, 0.1) is 5.92 Å². The summed E-state index contributed by atoms with van der Waals surface area (Å²) < 4.78 is 36.4. The molecule has 1 aromatic carbocycles. The highest BCUT2D eigenvalue weighted by Gasteiger charge is 2.20. The number of hydrogen-bond acceptors (Lipinski definition) is 6. The molecule has 1 fully saturated rings. The number of sulfonamides is 1. The number of carbonyl (C=O) groups is 1. The zero-order valence-corrected chi connectivity index (χ0v) is 18.7. The molecule has 0 saturated carbocycles. The molecule has 9 heteroatoms. The van der Waals surface area contributed by atoms with Crippen molar-refractivity contribution < 1.29 is 22.7 Å². The van der Waals surface area contributed by atoms with Gasteiger partial charge in [0.05, 0.1) is 11.5 Å². The largest absolute Gasteiger partial charge is 0.492 e. The summed E-state index contributed by atoms with van der Waals surface area (Å²) in [5, 5.41) is 0. The van der Waals surface area contributed by atoms with E-state index >= 15 is 0 Å². The van der Waals surface area contributed by atoms with Gasteiger partial charge in [0.1, 0.15) is 12.4 Å². The average Bonchev–Trinajstić information content (AvgIpc) is 2.92. The van der Waals surface area contributed by atoms with E-state index in [9.17, 15) is 13.2 Å². The van der Waals surface area contributed by atoms with Crippen LogP contribution in [-0.2, 0) is 14.8 Å². The summed E-state index contributed by atoms with van der Waals surface area (Å²) in [5.41, 5.74) is 0. The summed E-state index contributed by atoms with van der Waals surface area (Å²) in [6.07, 6.45) is 0.665. The van der Waals surface area contributed by atoms with Gasteiger partial charge in [-0.1, -0.05) is 13.8 Å². The van der Waals surface area contributed by atoms with E-state index in [-0.39, 0.29) is 11.0 Å². The van der Waals surface area contributed by atoms with Crippen LogP contribution >= 0.6 is 0 Å². The van der Waals surface area contributed by atoms with Gasteiger partial charge in [-0.05, 0) is 36.6 Å². The second-order valence-corrected chi connectivity index (χ2v) is 9.91. The summed E-state index contributed by atoms with van der Waals surface area (Å²) in [6, 6.07) is 6.45. The molecule has 0 aliphatic carbocycles. The lowest BCUT2D eigenvalue weighted by Crippen LogP contribution is -2.37. The van der Waals surface area contributed by atoms with Crippen LogP contribution in [0.1, 0.15) is 20.3 Å². The Morgan fingerprint density at radius 2 is 1.79 bits per heavy atom. The summed E-state index contributed by atoms with van der Waals surface area (Å²) >= 11 is 0. The number of ether oxygens (including phenoxy) is 2. The highest BCUT2D eigenvalue weighted by molar-refractivity contribution is 7.89. The minimum atomic E-state index is -3.43. The molecule has 0 N–H and O–H groups in total. The predicted molar refractivity (Wildman–Crippen MR) is 112 cm³/mol. The van der Waals surface area contributed by atoms with E-state index in [1.807, 2.05) is 13.8 Å². The lowest BCUT2D eigenvalue weighted by molar-refractivity contribution is 0.0929. The summed E-state index contributed by atoms with van der Waals surface area (Å²) in [4.78, 5) is 16.4. The molecule has 1 aliphatic heterocycles. The summed E-state index contributed by atoms with van der Waals surface area (Å²) in [6.45, 7) is 8.76. The molecular weight excluding hydrogens is 394 g/mol. The van der Waals surface area contributed by atoms with Crippen molar-refractivity contribution in [3.8, 4) is 5.75 Å². The van der Waals surface area contributed by atoms with Crippen molar-refractivity contribution in [3.05, 3.63) is 24.3 Å². The molecule has 0 spiro atoms. The molecule has 2 rings (SSSR count). The molecular formula is C20H33N3O5S. The number of benzene rings is 1. The standard InChI is InChI=1S/C20H33N3O5S/c1-17(2)16-28-20(24)23-11-5-10-22(12-13-23)14-15-27-18-6-8-19(9-7-18)29(25,26)21(3)4/h6-9,17H,5,10-16H2,1-4H3. The van der Waals surface area contributed by atoms with Gasteiger partial charge < -0.3 is 14.4 Å². The molecule has 1 amide bonds. The second-order valence-electron chi connectivity index (χ2n) is 7.76. The Balaban J connectivity index is 1.76. The normalized spacial score (nSPS) is 16.1. The molecule has 0 atom stereocenters. The van der Waals surface area contributed by atoms with Crippen LogP contribution < -0.4 is 4.74 Å². The monoisotopic (exact) mass is 427 g/mol. The van der Waals surface area contributed by atoms with Crippen LogP contribution in [0.3, 0.4) is 0 Å². The van der Waals surface area contributed by atoms with Gasteiger partial charge >= 0.3 is 6.09 Å². The van der Waals surface area contributed by atoms with Gasteiger partial charge in [-0.25, -0.2) is 17.5 Å². The maximum atomic E-state index is 12.1. The Hall–Kier alpha value is -1.84. The Morgan fingerprint density at radius 1 is 1.10 bits per heavy atom. The molecule has 0 bridgehead atoms. The number of rotatable bonds is 8. The van der Waals surface area contributed by atoms with Crippen LogP contribution in [0.25, 0.3) is 0 Å². The van der Waals surface area contributed by atoms with Crippen LogP contribution in [0.2, 0.25) is 0 Å². The fourth-order valence-corrected chi connectivity index (χ4v) is 3.82. The smallest absolute Gasteiger partial charge is 0.409 e. The third-order valence-electron chi connectivity index (χ3n) is 4.67. The van der Waals surface area contributed by atoms with Crippen molar-refractivity contribution in [2.75, 3.05) is 60.0 Å². The molecule has 29 heavy (non-hydrogen) atoms. The minimum Gasteiger partial charge on any atom is -0.492 e. The third kappa shape index (κ3) is 7.17. The van der Waals surface area contributed by atoms with Gasteiger partial charge in [0.15, 0.2) is 0 Å². The van der Waals surface area contributed by atoms with E-state index in [1.54, 1.807) is 29.2 Å². The van der Waals surface area contributed by atoms with Gasteiger partial charge in [0.2, 0.25) is 10.0 Å². The van der Waals surface area contributed by atoms with Crippen LogP contribution in [-0.4, -0.2) is 88.6 Å². The van der Waals surface area contributed by atoms with Crippen molar-refractivity contribution in [1.29, 1.82) is 0 Å². The number of hydrogen-bond donors (Lipinski definition) is 0. The first kappa shape index (κ1) is 23.4. The number of amides is 1. The maximum Gasteiger partial charge on any atom is 0.409 e. The van der Waals surface area contributed by atoms with E-state index in [2.05, 4.69) is 4.90 Å². The molecule has 0 aromatic heterocycles. The topological polar surface area (TPSA) is 79.4 Å². The van der Waals surface area contributed by atoms with Gasteiger partial charge in [-0.3, -0.25) is 4.90 Å². The van der Waals surface area contributed by atoms with Crippen LogP contribution in [0.4, 0.5) is 4.79 Å². The summed E-state index contributed by atoms with van der Waals surface area (Å²) in [5.74, 6) is 0.966. The first-order valence-corrected chi connectivity index (χ1v) is 11.4. The fourth-order valence-electron chi connectivity index (χ4n) is 2.92. The SMILES string of the molecule is CC(C)COC(=O)N1CCCN(CCOc2ccc(S(=O)(=O)N(C)C)cc2)CC1. The van der Waals surface area contributed by atoms with Gasteiger partial charge in [0.25, 0.3) is 0 Å². The third-order valence-corrected chi connectivity index (χ3v) is 6.49. The summed E-state index contributed by atoms with van der Waals surface area (Å²) in [7, 11) is -0.418. The van der Waals surface area contributed by atoms with E-state index in [4.69, 9.17) is 9.47 Å². The van der Waals surface area contributed by atoms with Crippen molar-refractivity contribution >= 4 is 16.1 Å². The fraction of sp³-hybridized carbons (Fsp3) is 0.650. The lowest BCUT2D eigenvalue weighted by atomic mass is 10.2. The quantitative estimate of drug-likeness (QED) is 0.632. The molecule has 1 aromatic rings. The molecule has 8 nitrogen and oxygen atoms in total. The average molecular weight is 428 g/mol. The Kier molecular flexibility index (Phi) is 8.73. The highest BCUT2D eigenvalue weighted by Crippen LogP contribution is 2.18. The van der Waals surface area contributed by atoms with Gasteiger partial charge in [-0.15, -0.1) is 0 Å². The maximum absolute atomic E-state index is 12.1. The Bertz CT molecular complexity index is 750. The minimum absolute atomic E-state index is 0.232. The van der Waals surface area contributed by atoms with E-state index < -0.39 is 10.0 Å². The van der Waals surface area contributed by atoms with Crippen LogP contribution in [0.5, 0.6) is 5.75 Å². The Morgan fingerprint density at radius 3 is 2.41 bits per heavy atom. The molecule has 1 aliphatic rings. The second kappa shape index (κ2) is 10.8. The van der Waals surface area contributed by atoms with Gasteiger partial charge in [0, 0.05) is 46.8 Å². The first-order valence-electron chi connectivity index (χ1n) is 9.99. The zero-order valence-electron chi connectivity index (χ0n) is 17.8. The van der Waals surface area contributed by atoms with E-state index in [0.717, 1.165) is 26.1 Å². The van der Waals surface area contributed by atoms with Crippen LogP contribution in [0.15, 0.2) is 29.2 Å². The zero-order chi connectivity index (χ0) is 21.4. The predicted octanol–water partition coefficient (Wildman–Crippen LogP) is 2.12. The van der Waals surface area contributed by atoms with Crippen molar-refractivity contribution in [1.82, 2.24) is 14.1 Å². The molecule has 164 valence electrons. The molecule has 1 heterocycles. The number of nitrogens with zero attached hydrogens (tertiary/aromatic N) is 3.